The van der Waals surface area contributed by atoms with Gasteiger partial charge in [0.1, 0.15) is 16.7 Å². The summed E-state index contributed by atoms with van der Waals surface area (Å²) in [5.41, 5.74) is 11.9. The smallest absolute Gasteiger partial charge is 0.227 e. The van der Waals surface area contributed by atoms with Gasteiger partial charge in [0.15, 0.2) is 5.58 Å². The van der Waals surface area contributed by atoms with E-state index in [4.69, 9.17) is 13.8 Å². The molecule has 0 radical (unpaired) electrons. The second-order valence-electron chi connectivity index (χ2n) is 11.6. The number of hydrogen-bond donors (Lipinski definition) is 0. The number of oxazole rings is 1. The van der Waals surface area contributed by atoms with Gasteiger partial charge in [0.25, 0.3) is 0 Å². The van der Waals surface area contributed by atoms with Crippen molar-refractivity contribution in [1.29, 1.82) is 0 Å². The zero-order chi connectivity index (χ0) is 31.2. The van der Waals surface area contributed by atoms with Crippen molar-refractivity contribution < 1.29 is 8.83 Å². The average Bonchev–Trinajstić information content (AvgIpc) is 3.72. The lowest BCUT2D eigenvalue weighted by Gasteiger charge is -2.26. The predicted molar refractivity (Wildman–Crippen MR) is 192 cm³/mol. The predicted octanol–water partition coefficient (Wildman–Crippen LogP) is 12.2. The summed E-state index contributed by atoms with van der Waals surface area (Å²) in [4.78, 5) is 7.04. The summed E-state index contributed by atoms with van der Waals surface area (Å²) in [5.74, 6) is 0.603. The Hall–Kier alpha value is -6.39. The molecule has 0 atom stereocenters. The summed E-state index contributed by atoms with van der Waals surface area (Å²) in [6, 6.07) is 58.8. The third-order valence-electron chi connectivity index (χ3n) is 8.69. The van der Waals surface area contributed by atoms with Gasteiger partial charge >= 0.3 is 0 Å². The molecule has 4 nitrogen and oxygen atoms in total. The van der Waals surface area contributed by atoms with E-state index in [0.29, 0.717) is 5.89 Å². The van der Waals surface area contributed by atoms with E-state index in [-0.39, 0.29) is 0 Å². The van der Waals surface area contributed by atoms with Crippen LogP contribution in [0.5, 0.6) is 0 Å². The molecule has 0 spiro atoms. The number of benzene rings is 7. The lowest BCUT2D eigenvalue weighted by atomic mass is 10.0. The van der Waals surface area contributed by atoms with E-state index in [9.17, 15) is 0 Å². The molecule has 9 aromatic rings. The first kappa shape index (κ1) is 27.0. The van der Waals surface area contributed by atoms with E-state index in [0.717, 1.165) is 61.2 Å². The van der Waals surface area contributed by atoms with Gasteiger partial charge in [-0.25, -0.2) is 4.98 Å². The molecule has 47 heavy (non-hydrogen) atoms. The minimum Gasteiger partial charge on any atom is -0.456 e. The van der Waals surface area contributed by atoms with Crippen LogP contribution >= 0.6 is 0 Å². The average molecular weight is 605 g/mol. The van der Waals surface area contributed by atoms with Crippen molar-refractivity contribution in [1.82, 2.24) is 4.98 Å². The summed E-state index contributed by atoms with van der Waals surface area (Å²) in [6.07, 6.45) is 0. The zero-order valence-corrected chi connectivity index (χ0v) is 25.4. The monoisotopic (exact) mass is 604 g/mol. The molecule has 0 N–H and O–H groups in total. The molecular formula is C43H28N2O2. The highest BCUT2D eigenvalue weighted by Gasteiger charge is 2.18. The van der Waals surface area contributed by atoms with Crippen LogP contribution in [0.1, 0.15) is 0 Å². The van der Waals surface area contributed by atoms with Crippen LogP contribution in [0, 0.1) is 0 Å². The fraction of sp³-hybridized carbons (Fsp3) is 0. The Labute approximate surface area is 271 Å². The van der Waals surface area contributed by atoms with Crippen molar-refractivity contribution in [3.8, 4) is 33.7 Å². The van der Waals surface area contributed by atoms with Crippen LogP contribution in [-0.4, -0.2) is 4.98 Å². The highest BCUT2D eigenvalue weighted by Crippen LogP contribution is 2.41. The number of nitrogens with zero attached hydrogens (tertiary/aromatic N) is 2. The van der Waals surface area contributed by atoms with E-state index >= 15 is 0 Å². The Morgan fingerprint density at radius 3 is 1.66 bits per heavy atom. The number of rotatable bonds is 6. The first-order chi connectivity index (χ1) is 23.3. The topological polar surface area (TPSA) is 42.4 Å². The number of furan rings is 1. The van der Waals surface area contributed by atoms with Gasteiger partial charge in [0.05, 0.1) is 0 Å². The van der Waals surface area contributed by atoms with E-state index in [1.807, 2.05) is 54.6 Å². The molecule has 9 rings (SSSR count). The summed E-state index contributed by atoms with van der Waals surface area (Å²) in [7, 11) is 0. The van der Waals surface area contributed by atoms with Crippen molar-refractivity contribution >= 4 is 50.1 Å². The minimum absolute atomic E-state index is 0.603. The first-order valence-electron chi connectivity index (χ1n) is 15.7. The maximum Gasteiger partial charge on any atom is 0.227 e. The molecule has 0 aliphatic carbocycles. The Morgan fingerprint density at radius 1 is 0.362 bits per heavy atom. The Morgan fingerprint density at radius 2 is 0.936 bits per heavy atom. The molecule has 0 amide bonds. The molecule has 0 saturated heterocycles. The molecular weight excluding hydrogens is 576 g/mol. The Kier molecular flexibility index (Phi) is 6.43. The van der Waals surface area contributed by atoms with Gasteiger partial charge < -0.3 is 13.7 Å². The zero-order valence-electron chi connectivity index (χ0n) is 25.4. The fourth-order valence-corrected chi connectivity index (χ4v) is 6.37. The number of anilines is 3. The van der Waals surface area contributed by atoms with Gasteiger partial charge in [-0.1, -0.05) is 103 Å². The van der Waals surface area contributed by atoms with E-state index in [1.54, 1.807) is 0 Å². The second-order valence-corrected chi connectivity index (χ2v) is 11.6. The van der Waals surface area contributed by atoms with Crippen LogP contribution in [0.25, 0.3) is 66.7 Å². The molecule has 0 bridgehead atoms. The van der Waals surface area contributed by atoms with Crippen LogP contribution in [0.2, 0.25) is 0 Å². The molecule has 0 aliphatic heterocycles. The van der Waals surface area contributed by atoms with Crippen LogP contribution in [0.15, 0.2) is 179 Å². The van der Waals surface area contributed by atoms with Crippen molar-refractivity contribution in [2.24, 2.45) is 0 Å². The van der Waals surface area contributed by atoms with Crippen LogP contribution < -0.4 is 4.90 Å². The quantitative estimate of drug-likeness (QED) is 0.189. The molecule has 2 heterocycles. The number of fused-ring (bicyclic) bond motifs is 4. The van der Waals surface area contributed by atoms with Crippen molar-refractivity contribution in [3.05, 3.63) is 170 Å². The van der Waals surface area contributed by atoms with Crippen LogP contribution in [0.4, 0.5) is 17.1 Å². The van der Waals surface area contributed by atoms with Crippen LogP contribution in [0.3, 0.4) is 0 Å². The summed E-state index contributed by atoms with van der Waals surface area (Å²) < 4.78 is 12.7. The van der Waals surface area contributed by atoms with Crippen molar-refractivity contribution in [3.63, 3.8) is 0 Å². The molecule has 7 aromatic carbocycles. The normalized spacial score (nSPS) is 11.4. The first-order valence-corrected chi connectivity index (χ1v) is 15.7. The van der Waals surface area contributed by atoms with Gasteiger partial charge in [0.2, 0.25) is 5.89 Å². The third kappa shape index (κ3) is 4.93. The molecule has 0 unspecified atom stereocenters. The minimum atomic E-state index is 0.603. The lowest BCUT2D eigenvalue weighted by Crippen LogP contribution is -2.10. The van der Waals surface area contributed by atoms with E-state index in [1.165, 1.54) is 16.7 Å². The van der Waals surface area contributed by atoms with Crippen LogP contribution in [-0.2, 0) is 0 Å². The number of aromatic nitrogens is 1. The van der Waals surface area contributed by atoms with Crippen molar-refractivity contribution in [2.45, 2.75) is 0 Å². The largest absolute Gasteiger partial charge is 0.456 e. The molecule has 0 fully saturated rings. The molecule has 0 aliphatic rings. The van der Waals surface area contributed by atoms with Gasteiger partial charge in [-0.05, 0) is 76.9 Å². The Balaban J connectivity index is 1.16. The summed E-state index contributed by atoms with van der Waals surface area (Å²) >= 11 is 0. The molecule has 4 heteroatoms. The maximum absolute atomic E-state index is 6.50. The number of hydrogen-bond acceptors (Lipinski definition) is 4. The Bertz CT molecular complexity index is 2500. The maximum atomic E-state index is 6.50. The molecule has 222 valence electrons. The second kappa shape index (κ2) is 11.2. The third-order valence-corrected chi connectivity index (χ3v) is 8.69. The van der Waals surface area contributed by atoms with Crippen molar-refractivity contribution in [2.75, 3.05) is 4.90 Å². The highest BCUT2D eigenvalue weighted by molar-refractivity contribution is 6.09. The summed E-state index contributed by atoms with van der Waals surface area (Å²) in [5, 5.41) is 2.03. The lowest BCUT2D eigenvalue weighted by molar-refractivity contribution is 0.620. The fourth-order valence-electron chi connectivity index (χ4n) is 6.37. The van der Waals surface area contributed by atoms with Gasteiger partial charge in [-0.3, -0.25) is 0 Å². The SMILES string of the molecule is c1ccc(-c2ccc(N(c3cccc(-c4ccccc4)c3)c3ccc4c(c3)oc3cc5nc(-c6ccccc6)oc5cc34)cc2)cc1. The standard InChI is InChI=1S/C43H28N2O2/c1-4-11-29(12-5-1)31-19-21-34(22-20-31)45(35-18-10-17-33(25-35)30-13-6-2-7-14-30)36-23-24-37-38-27-42-39(28-41(38)46-40(37)26-36)44-43(47-42)32-15-8-3-9-16-32/h1-28H. The summed E-state index contributed by atoms with van der Waals surface area (Å²) in [6.45, 7) is 0. The molecule has 2 aromatic heterocycles. The van der Waals surface area contributed by atoms with Gasteiger partial charge in [-0.2, -0.15) is 0 Å². The van der Waals surface area contributed by atoms with E-state index < -0.39 is 0 Å². The van der Waals surface area contributed by atoms with E-state index in [2.05, 4.69) is 120 Å². The van der Waals surface area contributed by atoms with Gasteiger partial charge in [-0.15, -0.1) is 0 Å². The van der Waals surface area contributed by atoms with Gasteiger partial charge in [0, 0.05) is 45.5 Å². The highest BCUT2D eigenvalue weighted by atomic mass is 16.4. The molecule has 0 saturated carbocycles.